The third kappa shape index (κ3) is 3.51. The van der Waals surface area contributed by atoms with Gasteiger partial charge >= 0.3 is 0 Å². The molecule has 96 valence electrons. The van der Waals surface area contributed by atoms with Crippen LogP contribution in [0.25, 0.3) is 0 Å². The summed E-state index contributed by atoms with van der Waals surface area (Å²) in [6, 6.07) is 4.20. The van der Waals surface area contributed by atoms with E-state index in [1.54, 1.807) is 7.11 Å². The van der Waals surface area contributed by atoms with Crippen LogP contribution in [0.5, 0.6) is 5.88 Å². The second-order valence-electron chi connectivity index (χ2n) is 4.86. The largest absolute Gasteiger partial charge is 0.479 e. The number of pyridine rings is 1. The fourth-order valence-electron chi connectivity index (χ4n) is 1.87. The van der Waals surface area contributed by atoms with Gasteiger partial charge in [-0.2, -0.15) is 4.98 Å². The van der Waals surface area contributed by atoms with Crippen molar-refractivity contribution in [2.75, 3.05) is 24.8 Å². The third-order valence-electron chi connectivity index (χ3n) is 2.90. The molecule has 17 heavy (non-hydrogen) atoms. The summed E-state index contributed by atoms with van der Waals surface area (Å²) in [7, 11) is 3.63. The minimum absolute atomic E-state index is 0.441. The first-order valence-electron chi connectivity index (χ1n) is 5.99. The average Bonchev–Trinajstić information content (AvgIpc) is 2.27. The van der Waals surface area contributed by atoms with Crippen molar-refractivity contribution in [1.29, 1.82) is 0 Å². The molecule has 0 saturated carbocycles. The number of anilines is 2. The molecule has 1 heterocycles. The van der Waals surface area contributed by atoms with Crippen molar-refractivity contribution in [3.05, 3.63) is 12.1 Å². The maximum Gasteiger partial charge on any atom is 0.238 e. The molecule has 0 bridgehead atoms. The van der Waals surface area contributed by atoms with Crippen molar-refractivity contribution in [3.8, 4) is 5.88 Å². The molecule has 0 saturated heterocycles. The van der Waals surface area contributed by atoms with Crippen molar-refractivity contribution in [2.24, 2.45) is 5.92 Å². The molecule has 1 aromatic rings. The molecule has 4 heteroatoms. The highest BCUT2D eigenvalue weighted by atomic mass is 16.5. The van der Waals surface area contributed by atoms with Gasteiger partial charge in [-0.1, -0.05) is 13.8 Å². The highest BCUT2D eigenvalue weighted by Gasteiger charge is 2.14. The number of ether oxygens (including phenoxy) is 1. The summed E-state index contributed by atoms with van der Waals surface area (Å²) in [5, 5.41) is 0. The van der Waals surface area contributed by atoms with Gasteiger partial charge in [-0.3, -0.25) is 0 Å². The molecule has 0 aromatic carbocycles. The van der Waals surface area contributed by atoms with E-state index in [4.69, 9.17) is 10.5 Å². The van der Waals surface area contributed by atoms with Crippen LogP contribution in [-0.2, 0) is 0 Å². The molecule has 4 nitrogen and oxygen atoms in total. The zero-order valence-electron chi connectivity index (χ0n) is 11.4. The number of aromatic nitrogens is 1. The predicted octanol–water partition coefficient (Wildman–Crippen LogP) is 2.54. The first-order valence-corrected chi connectivity index (χ1v) is 5.99. The molecule has 0 fully saturated rings. The van der Waals surface area contributed by atoms with Crippen LogP contribution in [-0.4, -0.2) is 25.2 Å². The van der Waals surface area contributed by atoms with Gasteiger partial charge < -0.3 is 15.4 Å². The molecular formula is C13H23N3O. The third-order valence-corrected chi connectivity index (χ3v) is 2.90. The Kier molecular flexibility index (Phi) is 4.61. The van der Waals surface area contributed by atoms with Crippen molar-refractivity contribution in [1.82, 2.24) is 4.98 Å². The van der Waals surface area contributed by atoms with Crippen LogP contribution in [0.1, 0.15) is 27.2 Å². The Labute approximate surface area is 104 Å². The molecule has 0 aliphatic rings. The van der Waals surface area contributed by atoms with Gasteiger partial charge in [0.05, 0.1) is 12.8 Å². The number of rotatable bonds is 5. The lowest BCUT2D eigenvalue weighted by Crippen LogP contribution is -2.30. The lowest BCUT2D eigenvalue weighted by atomic mass is 10.0. The van der Waals surface area contributed by atoms with E-state index in [0.29, 0.717) is 23.5 Å². The molecule has 1 aromatic heterocycles. The summed E-state index contributed by atoms with van der Waals surface area (Å²) in [6.45, 7) is 6.65. The van der Waals surface area contributed by atoms with E-state index in [2.05, 4.69) is 30.7 Å². The normalized spacial score (nSPS) is 12.6. The monoisotopic (exact) mass is 237 g/mol. The van der Waals surface area contributed by atoms with Crippen LogP contribution in [0, 0.1) is 5.92 Å². The van der Waals surface area contributed by atoms with Crippen LogP contribution < -0.4 is 15.4 Å². The van der Waals surface area contributed by atoms with Gasteiger partial charge in [-0.15, -0.1) is 0 Å². The highest BCUT2D eigenvalue weighted by Crippen LogP contribution is 2.24. The number of nitrogens with zero attached hydrogens (tertiary/aromatic N) is 2. The number of methoxy groups -OCH3 is 1. The van der Waals surface area contributed by atoms with E-state index in [0.717, 1.165) is 12.2 Å². The van der Waals surface area contributed by atoms with E-state index >= 15 is 0 Å². The summed E-state index contributed by atoms with van der Waals surface area (Å²) in [5.74, 6) is 2.05. The quantitative estimate of drug-likeness (QED) is 0.855. The summed E-state index contributed by atoms with van der Waals surface area (Å²) in [4.78, 5) is 6.55. The minimum atomic E-state index is 0.441. The Morgan fingerprint density at radius 1 is 1.35 bits per heavy atom. The topological polar surface area (TPSA) is 51.4 Å². The van der Waals surface area contributed by atoms with E-state index in [-0.39, 0.29) is 0 Å². The number of nitrogen functional groups attached to an aromatic ring is 1. The van der Waals surface area contributed by atoms with Gasteiger partial charge in [0, 0.05) is 13.1 Å². The predicted molar refractivity (Wildman–Crippen MR) is 72.5 cm³/mol. The van der Waals surface area contributed by atoms with Gasteiger partial charge in [0.25, 0.3) is 0 Å². The zero-order valence-corrected chi connectivity index (χ0v) is 11.4. The summed E-state index contributed by atoms with van der Waals surface area (Å²) < 4.78 is 5.13. The molecule has 0 aliphatic heterocycles. The highest BCUT2D eigenvalue weighted by molar-refractivity contribution is 5.54. The van der Waals surface area contributed by atoms with E-state index < -0.39 is 0 Å². The molecule has 0 radical (unpaired) electrons. The maximum absolute atomic E-state index is 5.75. The molecule has 2 N–H and O–H groups in total. The molecular weight excluding hydrogens is 214 g/mol. The van der Waals surface area contributed by atoms with Crippen LogP contribution >= 0.6 is 0 Å². The Balaban J connectivity index is 2.84. The lowest BCUT2D eigenvalue weighted by molar-refractivity contribution is 0.399. The van der Waals surface area contributed by atoms with Crippen molar-refractivity contribution >= 4 is 11.5 Å². The molecule has 1 atom stereocenters. The maximum atomic E-state index is 5.75. The van der Waals surface area contributed by atoms with Gasteiger partial charge in [-0.25, -0.2) is 0 Å². The van der Waals surface area contributed by atoms with E-state index in [9.17, 15) is 0 Å². The van der Waals surface area contributed by atoms with Crippen LogP contribution in [0.15, 0.2) is 12.1 Å². The Bertz CT molecular complexity index is 366. The first kappa shape index (κ1) is 13.6. The van der Waals surface area contributed by atoms with Gasteiger partial charge in [0.2, 0.25) is 5.88 Å². The SMILES string of the molecule is COc1nc(N(C)C(C)CC(C)C)ccc1N. The smallest absolute Gasteiger partial charge is 0.238 e. The Hall–Kier alpha value is -1.45. The zero-order chi connectivity index (χ0) is 13.0. The standard InChI is InChI=1S/C13H23N3O/c1-9(2)8-10(3)16(4)12-7-6-11(14)13(15-12)17-5/h6-7,9-10H,8,14H2,1-5H3. The van der Waals surface area contributed by atoms with Gasteiger partial charge in [0.1, 0.15) is 5.82 Å². The molecule has 1 rings (SSSR count). The summed E-state index contributed by atoms with van der Waals surface area (Å²) in [6.07, 6.45) is 1.13. The first-order chi connectivity index (χ1) is 7.95. The summed E-state index contributed by atoms with van der Waals surface area (Å²) in [5.41, 5.74) is 6.32. The Morgan fingerprint density at radius 2 is 2.00 bits per heavy atom. The molecule has 1 unspecified atom stereocenters. The van der Waals surface area contributed by atoms with E-state index in [1.807, 2.05) is 19.2 Å². The second-order valence-corrected chi connectivity index (χ2v) is 4.86. The van der Waals surface area contributed by atoms with E-state index in [1.165, 1.54) is 0 Å². The van der Waals surface area contributed by atoms with Crippen molar-refractivity contribution in [3.63, 3.8) is 0 Å². The Morgan fingerprint density at radius 3 is 2.53 bits per heavy atom. The number of hydrogen-bond acceptors (Lipinski definition) is 4. The minimum Gasteiger partial charge on any atom is -0.479 e. The fourth-order valence-corrected chi connectivity index (χ4v) is 1.87. The van der Waals surface area contributed by atoms with Crippen LogP contribution in [0.3, 0.4) is 0 Å². The molecule has 0 spiro atoms. The van der Waals surface area contributed by atoms with Gasteiger partial charge in [0.15, 0.2) is 0 Å². The number of nitrogens with two attached hydrogens (primary N) is 1. The van der Waals surface area contributed by atoms with Crippen LogP contribution in [0.2, 0.25) is 0 Å². The average molecular weight is 237 g/mol. The van der Waals surface area contributed by atoms with Crippen molar-refractivity contribution < 1.29 is 4.74 Å². The van der Waals surface area contributed by atoms with Crippen molar-refractivity contribution in [2.45, 2.75) is 33.2 Å². The summed E-state index contributed by atoms with van der Waals surface area (Å²) >= 11 is 0. The number of hydrogen-bond donors (Lipinski definition) is 1. The molecule has 0 aliphatic carbocycles. The second kappa shape index (κ2) is 5.75. The molecule has 0 amide bonds. The van der Waals surface area contributed by atoms with Gasteiger partial charge in [-0.05, 0) is 31.4 Å². The lowest BCUT2D eigenvalue weighted by Gasteiger charge is -2.27. The fraction of sp³-hybridized carbons (Fsp3) is 0.615. The van der Waals surface area contributed by atoms with Crippen LogP contribution in [0.4, 0.5) is 11.5 Å².